The van der Waals surface area contributed by atoms with Crippen LogP contribution in [0.4, 0.5) is 13.2 Å². The van der Waals surface area contributed by atoms with E-state index < -0.39 is 12.1 Å². The van der Waals surface area contributed by atoms with Crippen LogP contribution in [0.1, 0.15) is 44.9 Å². The number of alkyl halides is 3. The van der Waals surface area contributed by atoms with E-state index in [4.69, 9.17) is 0 Å². The van der Waals surface area contributed by atoms with Crippen LogP contribution in [0.3, 0.4) is 0 Å². The fraction of sp³-hybridized carbons (Fsp3) is 0.889. The third-order valence-electron chi connectivity index (χ3n) is 6.80. The van der Waals surface area contributed by atoms with Gasteiger partial charge in [0.05, 0.1) is 5.41 Å². The lowest BCUT2D eigenvalue weighted by atomic mass is 9.49. The molecule has 4 bridgehead atoms. The van der Waals surface area contributed by atoms with E-state index in [1.807, 2.05) is 0 Å². The van der Waals surface area contributed by atoms with Gasteiger partial charge in [-0.2, -0.15) is 13.2 Å². The van der Waals surface area contributed by atoms with Gasteiger partial charge in [0.25, 0.3) is 0 Å². The Labute approximate surface area is 145 Å². The van der Waals surface area contributed by atoms with Gasteiger partial charge in [0.2, 0.25) is 5.91 Å². The Bertz CT molecular complexity index is 540. The maximum absolute atomic E-state index is 13.3. The number of amides is 2. The highest BCUT2D eigenvalue weighted by Crippen LogP contribution is 2.60. The predicted octanol–water partition coefficient (Wildman–Crippen LogP) is 2.83. The topological polar surface area (TPSA) is 40.6 Å². The predicted molar refractivity (Wildman–Crippen MR) is 84.4 cm³/mol. The molecule has 1 aliphatic heterocycles. The Morgan fingerprint density at radius 3 is 1.80 bits per heavy atom. The molecule has 5 fully saturated rings. The first-order chi connectivity index (χ1) is 11.8. The first-order valence-corrected chi connectivity index (χ1v) is 9.42. The zero-order valence-corrected chi connectivity index (χ0v) is 14.4. The lowest BCUT2D eigenvalue weighted by Gasteiger charge is -2.56. The van der Waals surface area contributed by atoms with Crippen molar-refractivity contribution in [3.63, 3.8) is 0 Å². The van der Waals surface area contributed by atoms with E-state index in [-0.39, 0.29) is 31.0 Å². The van der Waals surface area contributed by atoms with Crippen molar-refractivity contribution in [2.45, 2.75) is 51.1 Å². The third-order valence-corrected chi connectivity index (χ3v) is 6.80. The van der Waals surface area contributed by atoms with Crippen molar-refractivity contribution in [2.24, 2.45) is 23.2 Å². The molecule has 140 valence electrons. The number of nitrogens with zero attached hydrogens (tertiary/aromatic N) is 2. The molecule has 4 saturated carbocycles. The van der Waals surface area contributed by atoms with Crippen molar-refractivity contribution in [1.82, 2.24) is 9.80 Å². The van der Waals surface area contributed by atoms with E-state index in [1.165, 1.54) is 19.3 Å². The molecule has 5 aliphatic rings. The second-order valence-corrected chi connectivity index (χ2v) is 8.63. The Hall–Kier alpha value is -1.27. The molecule has 0 aromatic rings. The molecular weight excluding hydrogens is 333 g/mol. The minimum Gasteiger partial charge on any atom is -0.340 e. The maximum atomic E-state index is 13.3. The Morgan fingerprint density at radius 2 is 1.28 bits per heavy atom. The summed E-state index contributed by atoms with van der Waals surface area (Å²) in [6.07, 6.45) is 2.21. The fourth-order valence-electron chi connectivity index (χ4n) is 6.21. The van der Waals surface area contributed by atoms with Gasteiger partial charge in [0.15, 0.2) is 0 Å². The quantitative estimate of drug-likeness (QED) is 0.723. The Balaban J connectivity index is 1.44. The molecule has 4 nitrogen and oxygen atoms in total. The van der Waals surface area contributed by atoms with Gasteiger partial charge in [-0.25, -0.2) is 0 Å². The van der Waals surface area contributed by atoms with Crippen molar-refractivity contribution in [3.05, 3.63) is 0 Å². The van der Waals surface area contributed by atoms with Gasteiger partial charge < -0.3 is 9.80 Å². The van der Waals surface area contributed by atoms with Crippen molar-refractivity contribution in [3.8, 4) is 0 Å². The SMILES string of the molecule is O=C(N1CCCN(C(=O)C23CC4CC(CC(C4)C2)C3)CC1)C(F)(F)F. The third kappa shape index (κ3) is 3.04. The number of halogens is 3. The molecule has 0 atom stereocenters. The van der Waals surface area contributed by atoms with Crippen LogP contribution in [-0.4, -0.2) is 54.0 Å². The summed E-state index contributed by atoms with van der Waals surface area (Å²) in [4.78, 5) is 27.3. The van der Waals surface area contributed by atoms with Crippen LogP contribution in [0.25, 0.3) is 0 Å². The van der Waals surface area contributed by atoms with Crippen LogP contribution in [0.2, 0.25) is 0 Å². The lowest BCUT2D eigenvalue weighted by Crippen LogP contribution is -2.55. The van der Waals surface area contributed by atoms with E-state index in [0.29, 0.717) is 30.7 Å². The molecule has 5 rings (SSSR count). The molecule has 4 aliphatic carbocycles. The lowest BCUT2D eigenvalue weighted by molar-refractivity contribution is -0.185. The Morgan fingerprint density at radius 1 is 0.800 bits per heavy atom. The summed E-state index contributed by atoms with van der Waals surface area (Å²) in [5.74, 6) is 0.339. The van der Waals surface area contributed by atoms with Crippen molar-refractivity contribution < 1.29 is 22.8 Å². The van der Waals surface area contributed by atoms with E-state index in [9.17, 15) is 22.8 Å². The van der Waals surface area contributed by atoms with Crippen LogP contribution in [0.15, 0.2) is 0 Å². The summed E-state index contributed by atoms with van der Waals surface area (Å²) in [6, 6.07) is 0. The molecule has 2 amide bonds. The van der Waals surface area contributed by atoms with Gasteiger partial charge in [0.1, 0.15) is 0 Å². The van der Waals surface area contributed by atoms with Crippen LogP contribution >= 0.6 is 0 Å². The van der Waals surface area contributed by atoms with E-state index >= 15 is 0 Å². The minimum atomic E-state index is -4.83. The maximum Gasteiger partial charge on any atom is 0.471 e. The molecule has 7 heteroatoms. The summed E-state index contributed by atoms with van der Waals surface area (Å²) in [5, 5.41) is 0. The van der Waals surface area contributed by atoms with Crippen molar-refractivity contribution >= 4 is 11.8 Å². The second-order valence-electron chi connectivity index (χ2n) is 8.63. The molecule has 25 heavy (non-hydrogen) atoms. The molecule has 0 aromatic carbocycles. The highest BCUT2D eigenvalue weighted by atomic mass is 19.4. The number of carbonyl (C=O) groups is 2. The van der Waals surface area contributed by atoms with Gasteiger partial charge in [-0.05, 0) is 62.7 Å². The normalized spacial score (nSPS) is 38.0. The average molecular weight is 358 g/mol. The van der Waals surface area contributed by atoms with Gasteiger partial charge >= 0.3 is 12.1 Å². The number of hydrogen-bond acceptors (Lipinski definition) is 2. The van der Waals surface area contributed by atoms with E-state index in [0.717, 1.165) is 24.2 Å². The molecule has 0 radical (unpaired) electrons. The number of rotatable bonds is 1. The average Bonchev–Trinajstić information content (AvgIpc) is 2.77. The minimum absolute atomic E-state index is 0.0174. The van der Waals surface area contributed by atoms with E-state index in [2.05, 4.69) is 0 Å². The van der Waals surface area contributed by atoms with Crippen LogP contribution in [0.5, 0.6) is 0 Å². The smallest absolute Gasteiger partial charge is 0.340 e. The van der Waals surface area contributed by atoms with Crippen LogP contribution in [-0.2, 0) is 9.59 Å². The van der Waals surface area contributed by atoms with Crippen molar-refractivity contribution in [2.75, 3.05) is 26.2 Å². The van der Waals surface area contributed by atoms with Gasteiger partial charge in [-0.3, -0.25) is 9.59 Å². The van der Waals surface area contributed by atoms with E-state index in [1.54, 1.807) is 4.90 Å². The highest BCUT2D eigenvalue weighted by Gasteiger charge is 2.55. The van der Waals surface area contributed by atoms with Gasteiger partial charge in [-0.1, -0.05) is 0 Å². The monoisotopic (exact) mass is 358 g/mol. The van der Waals surface area contributed by atoms with Crippen LogP contribution < -0.4 is 0 Å². The summed E-state index contributed by atoms with van der Waals surface area (Å²) >= 11 is 0. The Kier molecular flexibility index (Phi) is 4.03. The largest absolute Gasteiger partial charge is 0.471 e. The number of carbonyl (C=O) groups excluding carboxylic acids is 2. The molecular formula is C18H25F3N2O2. The first-order valence-electron chi connectivity index (χ1n) is 9.42. The molecule has 0 spiro atoms. The standard InChI is InChI=1S/C18H25F3N2O2/c19-18(20,21)16(25)23-3-1-2-22(4-5-23)15(24)17-9-12-6-13(10-17)8-14(7-12)11-17/h12-14H,1-11H2. The molecule has 1 saturated heterocycles. The summed E-state index contributed by atoms with van der Waals surface area (Å²) in [7, 11) is 0. The molecule has 0 unspecified atom stereocenters. The molecule has 1 heterocycles. The summed E-state index contributed by atoms with van der Waals surface area (Å²) in [6.45, 7) is 0.740. The first kappa shape index (κ1) is 17.2. The highest BCUT2D eigenvalue weighted by molar-refractivity contribution is 5.84. The van der Waals surface area contributed by atoms with Gasteiger partial charge in [-0.15, -0.1) is 0 Å². The zero-order valence-electron chi connectivity index (χ0n) is 14.4. The van der Waals surface area contributed by atoms with Crippen molar-refractivity contribution in [1.29, 1.82) is 0 Å². The summed E-state index contributed by atoms with van der Waals surface area (Å²) in [5.41, 5.74) is -0.266. The second kappa shape index (κ2) is 5.88. The zero-order chi connectivity index (χ0) is 17.8. The van der Waals surface area contributed by atoms with Crippen LogP contribution in [0, 0.1) is 23.2 Å². The number of hydrogen-bond donors (Lipinski definition) is 0. The molecule has 0 N–H and O–H groups in total. The summed E-state index contributed by atoms with van der Waals surface area (Å²) < 4.78 is 38.0. The molecule has 0 aromatic heterocycles. The van der Waals surface area contributed by atoms with Gasteiger partial charge in [0, 0.05) is 26.2 Å². The fourth-order valence-corrected chi connectivity index (χ4v) is 6.21.